The van der Waals surface area contributed by atoms with Gasteiger partial charge in [-0.2, -0.15) is 0 Å². The molecule has 0 radical (unpaired) electrons. The van der Waals surface area contributed by atoms with Crippen LogP contribution < -0.4 is 4.90 Å². The molecule has 0 amide bonds. The van der Waals surface area contributed by atoms with Crippen molar-refractivity contribution in [2.24, 2.45) is 0 Å². The fourth-order valence-corrected chi connectivity index (χ4v) is 11.0. The predicted octanol–water partition coefficient (Wildman–Crippen LogP) is 16.6. The normalized spacial score (nSPS) is 12.7. The van der Waals surface area contributed by atoms with E-state index in [2.05, 4.69) is 264 Å². The minimum absolute atomic E-state index is 0.504. The Labute approximate surface area is 378 Å². The zero-order valence-electron chi connectivity index (χ0n) is 35.6. The third-order valence-electron chi connectivity index (χ3n) is 13.8. The minimum atomic E-state index is -0.504. The second kappa shape index (κ2) is 14.8. The van der Waals surface area contributed by atoms with Gasteiger partial charge in [0.25, 0.3) is 0 Å². The lowest BCUT2D eigenvalue weighted by molar-refractivity contribution is 0.767. The Kier molecular flexibility index (Phi) is 8.47. The number of aromatic nitrogens is 1. The van der Waals surface area contributed by atoms with Gasteiger partial charge >= 0.3 is 0 Å². The largest absolute Gasteiger partial charge is 0.310 e. The maximum Gasteiger partial charge on any atom is 0.0714 e. The van der Waals surface area contributed by atoms with Crippen LogP contribution in [-0.2, 0) is 5.41 Å². The van der Waals surface area contributed by atoms with Crippen LogP contribution in [0.15, 0.2) is 255 Å². The van der Waals surface area contributed by atoms with E-state index >= 15 is 0 Å². The third kappa shape index (κ3) is 5.74. The van der Waals surface area contributed by atoms with Crippen molar-refractivity contribution in [3.63, 3.8) is 0 Å². The monoisotopic (exact) mass is 826 g/mol. The van der Waals surface area contributed by atoms with Crippen molar-refractivity contribution >= 4 is 60.4 Å². The summed E-state index contributed by atoms with van der Waals surface area (Å²) in [5, 5.41) is 7.36. The van der Waals surface area contributed by atoms with E-state index in [4.69, 9.17) is 0 Å². The first-order valence-electron chi connectivity index (χ1n) is 22.5. The molecule has 1 aliphatic carbocycles. The lowest BCUT2D eigenvalue weighted by atomic mass is 9.67. The number of rotatable bonds is 7. The smallest absolute Gasteiger partial charge is 0.0714 e. The molecule has 304 valence electrons. The number of benzene rings is 11. The molecule has 65 heavy (non-hydrogen) atoms. The van der Waals surface area contributed by atoms with Crippen LogP contribution in [0.25, 0.3) is 71.3 Å². The van der Waals surface area contributed by atoms with Crippen molar-refractivity contribution in [2.75, 3.05) is 4.90 Å². The number of nitrogens with zero attached hydrogens (tertiary/aromatic N) is 2. The van der Waals surface area contributed by atoms with Crippen LogP contribution in [-0.4, -0.2) is 4.57 Å². The topological polar surface area (TPSA) is 8.17 Å². The van der Waals surface area contributed by atoms with Crippen LogP contribution in [0.1, 0.15) is 22.3 Å². The SMILES string of the molecule is c1ccc(N(c2cccc(-c3ccc4c5cc6ccccc6cc5n(-c5ccc6c(c5)C(c5ccccc5)(c5ccccc5)c5ccccc5-6)c4c3)c2)c2cccc3ccccc23)cc1. The van der Waals surface area contributed by atoms with Gasteiger partial charge in [-0.1, -0.05) is 194 Å². The van der Waals surface area contributed by atoms with Crippen molar-refractivity contribution < 1.29 is 0 Å². The zero-order chi connectivity index (χ0) is 42.9. The van der Waals surface area contributed by atoms with Gasteiger partial charge in [0.15, 0.2) is 0 Å². The molecular weight excluding hydrogens is 785 g/mol. The second-order valence-electron chi connectivity index (χ2n) is 17.3. The summed E-state index contributed by atoms with van der Waals surface area (Å²) in [6.45, 7) is 0. The highest BCUT2D eigenvalue weighted by Crippen LogP contribution is 2.56. The Bertz CT molecular complexity index is 3730. The fourth-order valence-electron chi connectivity index (χ4n) is 11.0. The van der Waals surface area contributed by atoms with Crippen LogP contribution in [0, 0.1) is 0 Å². The van der Waals surface area contributed by atoms with E-state index < -0.39 is 5.41 Å². The van der Waals surface area contributed by atoms with E-state index in [1.165, 1.54) is 76.7 Å². The maximum atomic E-state index is 2.51. The molecule has 2 nitrogen and oxygen atoms in total. The molecule has 0 N–H and O–H groups in total. The molecule has 0 spiro atoms. The Morgan fingerprint density at radius 1 is 0.323 bits per heavy atom. The summed E-state index contributed by atoms with van der Waals surface area (Å²) in [5.41, 5.74) is 16.4. The van der Waals surface area contributed by atoms with Crippen LogP contribution in [0.4, 0.5) is 17.1 Å². The van der Waals surface area contributed by atoms with Crippen molar-refractivity contribution in [3.8, 4) is 27.9 Å². The number of anilines is 3. The van der Waals surface area contributed by atoms with Gasteiger partial charge in [-0.05, 0) is 121 Å². The number of para-hydroxylation sites is 1. The van der Waals surface area contributed by atoms with Crippen molar-refractivity contribution in [3.05, 3.63) is 277 Å². The van der Waals surface area contributed by atoms with Gasteiger partial charge < -0.3 is 9.47 Å². The third-order valence-corrected chi connectivity index (χ3v) is 13.8. The van der Waals surface area contributed by atoms with E-state index in [0.29, 0.717) is 0 Å². The lowest BCUT2D eigenvalue weighted by Crippen LogP contribution is -2.28. The Balaban J connectivity index is 1.05. The van der Waals surface area contributed by atoms with Crippen LogP contribution in [0.2, 0.25) is 0 Å². The number of hydrogen-bond donors (Lipinski definition) is 0. The van der Waals surface area contributed by atoms with E-state index in [1.54, 1.807) is 0 Å². The standard InChI is InChI=1S/C63H42N2/c1-4-23-48(24-5-1)63(49-25-6-2-7-26-49)58-32-15-14-31-54(58)55-37-35-52(42-59(55)63)65-61-41-47(34-36-56(61)57-39-45-19-10-11-20-46(45)40-62(57)65)44-22-16-29-51(38-44)64(50-27-8-3-9-28-50)60-33-17-21-43-18-12-13-30-53(43)60/h1-42H. The number of hydrogen-bond acceptors (Lipinski definition) is 1. The first-order valence-corrected chi connectivity index (χ1v) is 22.5. The molecule has 0 unspecified atom stereocenters. The average molecular weight is 827 g/mol. The molecule has 0 saturated carbocycles. The van der Waals surface area contributed by atoms with E-state index in [9.17, 15) is 0 Å². The number of fused-ring (bicyclic) bond motifs is 8. The average Bonchev–Trinajstić information content (AvgIpc) is 3.86. The highest BCUT2D eigenvalue weighted by atomic mass is 15.1. The van der Waals surface area contributed by atoms with E-state index in [-0.39, 0.29) is 0 Å². The molecule has 1 heterocycles. The first-order chi connectivity index (χ1) is 32.2. The van der Waals surface area contributed by atoms with Gasteiger partial charge in [0.1, 0.15) is 0 Å². The Morgan fingerprint density at radius 2 is 0.908 bits per heavy atom. The van der Waals surface area contributed by atoms with Gasteiger partial charge in [0.05, 0.1) is 22.1 Å². The first kappa shape index (κ1) is 37.1. The molecule has 0 bridgehead atoms. The van der Waals surface area contributed by atoms with Crippen LogP contribution in [0.5, 0.6) is 0 Å². The predicted molar refractivity (Wildman–Crippen MR) is 273 cm³/mol. The Hall–Kier alpha value is -8.46. The highest BCUT2D eigenvalue weighted by molar-refractivity contribution is 6.14. The summed E-state index contributed by atoms with van der Waals surface area (Å²) in [4.78, 5) is 2.39. The van der Waals surface area contributed by atoms with Gasteiger partial charge in [-0.15, -0.1) is 0 Å². The van der Waals surface area contributed by atoms with Crippen molar-refractivity contribution in [1.29, 1.82) is 0 Å². The highest BCUT2D eigenvalue weighted by Gasteiger charge is 2.46. The van der Waals surface area contributed by atoms with Gasteiger partial charge in [-0.3, -0.25) is 0 Å². The molecule has 0 saturated heterocycles. The maximum absolute atomic E-state index is 2.51. The van der Waals surface area contributed by atoms with Gasteiger partial charge in [-0.25, -0.2) is 0 Å². The molecule has 11 aromatic carbocycles. The summed E-state index contributed by atoms with van der Waals surface area (Å²) in [5.74, 6) is 0. The lowest BCUT2D eigenvalue weighted by Gasteiger charge is -2.34. The summed E-state index contributed by atoms with van der Waals surface area (Å²) in [7, 11) is 0. The molecule has 1 aliphatic rings. The summed E-state index contributed by atoms with van der Waals surface area (Å²) in [6, 6.07) is 93.9. The van der Waals surface area contributed by atoms with Gasteiger partial charge in [0.2, 0.25) is 0 Å². The van der Waals surface area contributed by atoms with Gasteiger partial charge in [0, 0.05) is 33.2 Å². The van der Waals surface area contributed by atoms with E-state index in [0.717, 1.165) is 33.9 Å². The van der Waals surface area contributed by atoms with Crippen molar-refractivity contribution in [2.45, 2.75) is 5.41 Å². The molecule has 0 atom stereocenters. The van der Waals surface area contributed by atoms with E-state index in [1.807, 2.05) is 0 Å². The zero-order valence-corrected chi connectivity index (χ0v) is 35.6. The molecule has 0 aliphatic heterocycles. The molecule has 0 fully saturated rings. The molecule has 2 heteroatoms. The fraction of sp³-hybridized carbons (Fsp3) is 0.0159. The summed E-state index contributed by atoms with van der Waals surface area (Å²) < 4.78 is 2.51. The molecule has 1 aromatic heterocycles. The van der Waals surface area contributed by atoms with Crippen LogP contribution in [0.3, 0.4) is 0 Å². The van der Waals surface area contributed by atoms with Crippen molar-refractivity contribution in [1.82, 2.24) is 4.57 Å². The minimum Gasteiger partial charge on any atom is -0.310 e. The molecular formula is C63H42N2. The summed E-state index contributed by atoms with van der Waals surface area (Å²) in [6.07, 6.45) is 0. The van der Waals surface area contributed by atoms with Crippen LogP contribution >= 0.6 is 0 Å². The molecule has 13 rings (SSSR count). The quantitative estimate of drug-likeness (QED) is 0.155. The molecule has 12 aromatic rings. The Morgan fingerprint density at radius 3 is 1.69 bits per heavy atom. The summed E-state index contributed by atoms with van der Waals surface area (Å²) >= 11 is 0. The second-order valence-corrected chi connectivity index (χ2v) is 17.3.